The number of hydrogen-bond acceptors (Lipinski definition) is 5. The normalized spacial score (nSPS) is 12.2. The molecule has 0 saturated heterocycles. The first-order valence-corrected chi connectivity index (χ1v) is 8.11. The number of likely N-dealkylation sites (N-methyl/N-ethyl adjacent to an activating group) is 1. The Morgan fingerprint density at radius 1 is 1.42 bits per heavy atom. The van der Waals surface area contributed by atoms with E-state index in [1.807, 2.05) is 25.1 Å². The average molecular weight is 331 g/mol. The van der Waals surface area contributed by atoms with Gasteiger partial charge in [0.1, 0.15) is 5.75 Å². The maximum Gasteiger partial charge on any atom is 0.243 e. The van der Waals surface area contributed by atoms with Crippen LogP contribution in [0, 0.1) is 5.92 Å². The Balaban J connectivity index is 2.31. The fraction of sp³-hybridized carbons (Fsp3) is 0.444. The smallest absolute Gasteiger partial charge is 0.243 e. The summed E-state index contributed by atoms with van der Waals surface area (Å²) >= 11 is 0. The molecule has 1 atom stereocenters. The van der Waals surface area contributed by atoms with Gasteiger partial charge in [-0.15, -0.1) is 0 Å². The van der Waals surface area contributed by atoms with Gasteiger partial charge in [0, 0.05) is 18.3 Å². The number of hydrogen-bond donors (Lipinski definition) is 1. The number of methoxy groups -OCH3 is 1. The SMILES string of the molecule is CCN(C(=O)C(N)CC(C)C)c1ccc(-c2cnco2)c(OC)c1. The number of anilines is 1. The van der Waals surface area contributed by atoms with Gasteiger partial charge in [-0.25, -0.2) is 4.98 Å². The number of amides is 1. The summed E-state index contributed by atoms with van der Waals surface area (Å²) < 4.78 is 10.8. The Bertz CT molecular complexity index is 668. The number of benzene rings is 1. The number of aromatic nitrogens is 1. The van der Waals surface area contributed by atoms with Gasteiger partial charge in [0.25, 0.3) is 0 Å². The fourth-order valence-corrected chi connectivity index (χ4v) is 2.67. The maximum atomic E-state index is 12.7. The zero-order chi connectivity index (χ0) is 17.7. The molecule has 1 aromatic carbocycles. The monoisotopic (exact) mass is 331 g/mol. The molecule has 2 N–H and O–H groups in total. The van der Waals surface area contributed by atoms with Crippen molar-refractivity contribution in [3.63, 3.8) is 0 Å². The van der Waals surface area contributed by atoms with Crippen molar-refractivity contribution in [2.45, 2.75) is 33.2 Å². The van der Waals surface area contributed by atoms with Crippen LogP contribution < -0.4 is 15.4 Å². The van der Waals surface area contributed by atoms with E-state index in [-0.39, 0.29) is 5.91 Å². The third-order valence-electron chi connectivity index (χ3n) is 3.82. The van der Waals surface area contributed by atoms with Gasteiger partial charge in [-0.2, -0.15) is 0 Å². The predicted molar refractivity (Wildman–Crippen MR) is 93.9 cm³/mol. The summed E-state index contributed by atoms with van der Waals surface area (Å²) in [5.74, 6) is 1.52. The third-order valence-corrected chi connectivity index (χ3v) is 3.82. The van der Waals surface area contributed by atoms with Gasteiger partial charge < -0.3 is 19.8 Å². The molecule has 6 heteroatoms. The molecule has 0 aliphatic rings. The van der Waals surface area contributed by atoms with E-state index >= 15 is 0 Å². The van der Waals surface area contributed by atoms with E-state index in [0.717, 1.165) is 11.3 Å². The van der Waals surface area contributed by atoms with Crippen LogP contribution in [0.25, 0.3) is 11.3 Å². The van der Waals surface area contributed by atoms with E-state index in [9.17, 15) is 4.79 Å². The van der Waals surface area contributed by atoms with Crippen LogP contribution in [0.15, 0.2) is 35.2 Å². The lowest BCUT2D eigenvalue weighted by Crippen LogP contribution is -2.44. The lowest BCUT2D eigenvalue weighted by Gasteiger charge is -2.26. The predicted octanol–water partition coefficient (Wildman–Crippen LogP) is 3.08. The topological polar surface area (TPSA) is 81.6 Å². The highest BCUT2D eigenvalue weighted by molar-refractivity contribution is 5.97. The second-order valence-electron chi connectivity index (χ2n) is 6.07. The molecule has 1 aromatic heterocycles. The van der Waals surface area contributed by atoms with Crippen molar-refractivity contribution in [2.24, 2.45) is 11.7 Å². The molecule has 0 aliphatic heterocycles. The highest BCUT2D eigenvalue weighted by atomic mass is 16.5. The Morgan fingerprint density at radius 3 is 2.71 bits per heavy atom. The highest BCUT2D eigenvalue weighted by Gasteiger charge is 2.23. The van der Waals surface area contributed by atoms with E-state index in [0.29, 0.717) is 30.4 Å². The Kier molecular flexibility index (Phi) is 5.98. The second kappa shape index (κ2) is 7.97. The summed E-state index contributed by atoms with van der Waals surface area (Å²) in [7, 11) is 1.58. The minimum absolute atomic E-state index is 0.0827. The van der Waals surface area contributed by atoms with Crippen molar-refractivity contribution >= 4 is 11.6 Å². The number of carbonyl (C=O) groups is 1. The molecule has 6 nitrogen and oxygen atoms in total. The average Bonchev–Trinajstić information content (AvgIpc) is 3.08. The number of nitrogens with zero attached hydrogens (tertiary/aromatic N) is 2. The first-order chi connectivity index (χ1) is 11.5. The molecule has 0 spiro atoms. The molecule has 0 fully saturated rings. The van der Waals surface area contributed by atoms with E-state index in [4.69, 9.17) is 14.9 Å². The molecule has 2 aromatic rings. The maximum absolute atomic E-state index is 12.7. The molecule has 1 heterocycles. The van der Waals surface area contributed by atoms with Gasteiger partial charge in [-0.1, -0.05) is 13.8 Å². The van der Waals surface area contributed by atoms with E-state index in [1.165, 1.54) is 6.39 Å². The van der Waals surface area contributed by atoms with Crippen LogP contribution in [0.4, 0.5) is 5.69 Å². The number of rotatable bonds is 7. The number of ether oxygens (including phenoxy) is 1. The molecule has 1 amide bonds. The van der Waals surface area contributed by atoms with Gasteiger partial charge in [-0.05, 0) is 31.4 Å². The molecule has 130 valence electrons. The third kappa shape index (κ3) is 3.94. The highest BCUT2D eigenvalue weighted by Crippen LogP contribution is 2.33. The molecule has 0 aliphatic carbocycles. The minimum Gasteiger partial charge on any atom is -0.496 e. The van der Waals surface area contributed by atoms with Crippen molar-refractivity contribution in [1.29, 1.82) is 0 Å². The lowest BCUT2D eigenvalue weighted by molar-refractivity contribution is -0.120. The molecule has 24 heavy (non-hydrogen) atoms. The van der Waals surface area contributed by atoms with Crippen LogP contribution in [0.5, 0.6) is 5.75 Å². The van der Waals surface area contributed by atoms with Gasteiger partial charge in [-0.3, -0.25) is 4.79 Å². The number of carbonyl (C=O) groups excluding carboxylic acids is 1. The first-order valence-electron chi connectivity index (χ1n) is 8.11. The lowest BCUT2D eigenvalue weighted by atomic mass is 10.0. The van der Waals surface area contributed by atoms with E-state index in [1.54, 1.807) is 18.2 Å². The van der Waals surface area contributed by atoms with Gasteiger partial charge in [0.2, 0.25) is 5.91 Å². The standard InChI is InChI=1S/C18H25N3O3/c1-5-21(18(22)15(19)8-12(2)3)13-6-7-14(16(9-13)23-4)17-10-20-11-24-17/h6-7,9-12,15H,5,8,19H2,1-4H3. The first kappa shape index (κ1) is 18.0. The fourth-order valence-electron chi connectivity index (χ4n) is 2.67. The largest absolute Gasteiger partial charge is 0.496 e. The summed E-state index contributed by atoms with van der Waals surface area (Å²) in [6.45, 7) is 6.57. The second-order valence-corrected chi connectivity index (χ2v) is 6.07. The van der Waals surface area contributed by atoms with Crippen LogP contribution in [-0.4, -0.2) is 30.6 Å². The summed E-state index contributed by atoms with van der Waals surface area (Å²) in [5.41, 5.74) is 7.60. The van der Waals surface area contributed by atoms with Crippen LogP contribution in [0.1, 0.15) is 27.2 Å². The van der Waals surface area contributed by atoms with Crippen LogP contribution in [-0.2, 0) is 4.79 Å². The van der Waals surface area contributed by atoms with Gasteiger partial charge >= 0.3 is 0 Å². The van der Waals surface area contributed by atoms with Crippen molar-refractivity contribution in [3.05, 3.63) is 30.8 Å². The van der Waals surface area contributed by atoms with Crippen LogP contribution in [0.3, 0.4) is 0 Å². The number of nitrogens with two attached hydrogens (primary N) is 1. The molecule has 0 saturated carbocycles. The van der Waals surface area contributed by atoms with Crippen LogP contribution in [0.2, 0.25) is 0 Å². The minimum atomic E-state index is -0.509. The molecule has 2 rings (SSSR count). The van der Waals surface area contributed by atoms with Crippen molar-refractivity contribution < 1.29 is 13.9 Å². The molecule has 1 unspecified atom stereocenters. The van der Waals surface area contributed by atoms with Crippen molar-refractivity contribution in [3.8, 4) is 17.1 Å². The summed E-state index contributed by atoms with van der Waals surface area (Å²) in [6, 6.07) is 5.04. The van der Waals surface area contributed by atoms with E-state index in [2.05, 4.69) is 18.8 Å². The van der Waals surface area contributed by atoms with Crippen molar-refractivity contribution in [1.82, 2.24) is 4.98 Å². The summed E-state index contributed by atoms with van der Waals surface area (Å²) in [5, 5.41) is 0. The summed E-state index contributed by atoms with van der Waals surface area (Å²) in [6.07, 6.45) is 3.65. The van der Waals surface area contributed by atoms with Gasteiger partial charge in [0.15, 0.2) is 12.2 Å². The molecule has 0 radical (unpaired) electrons. The Hall–Kier alpha value is -2.34. The van der Waals surface area contributed by atoms with Crippen LogP contribution >= 0.6 is 0 Å². The number of oxazole rings is 1. The Labute approximate surface area is 142 Å². The van der Waals surface area contributed by atoms with Gasteiger partial charge in [0.05, 0.1) is 24.9 Å². The zero-order valence-electron chi connectivity index (χ0n) is 14.7. The Morgan fingerprint density at radius 2 is 2.17 bits per heavy atom. The zero-order valence-corrected chi connectivity index (χ0v) is 14.7. The molecule has 0 bridgehead atoms. The quantitative estimate of drug-likeness (QED) is 0.843. The molecular weight excluding hydrogens is 306 g/mol. The summed E-state index contributed by atoms with van der Waals surface area (Å²) in [4.78, 5) is 18.3. The van der Waals surface area contributed by atoms with E-state index < -0.39 is 6.04 Å². The molecular formula is C18H25N3O3. The van der Waals surface area contributed by atoms with Crippen molar-refractivity contribution in [2.75, 3.05) is 18.6 Å².